The van der Waals surface area contributed by atoms with E-state index in [1.165, 1.54) is 0 Å². The Hall–Kier alpha value is -1.70. The fraction of sp³-hybridized carbons (Fsp3) is 0.286. The van der Waals surface area contributed by atoms with E-state index in [4.69, 9.17) is 28.9 Å². The number of nitrogen functional groups attached to an aromatic ring is 1. The number of nitriles is 1. The van der Waals surface area contributed by atoms with Crippen LogP contribution in [0.5, 0.6) is 0 Å². The summed E-state index contributed by atoms with van der Waals surface area (Å²) >= 11 is 11.9. The summed E-state index contributed by atoms with van der Waals surface area (Å²) in [5.74, 6) is 0.808. The third kappa shape index (κ3) is 2.35. The lowest BCUT2D eigenvalue weighted by Gasteiger charge is -2.05. The number of hydrogen-bond acceptors (Lipinski definition) is 3. The Morgan fingerprint density at radius 3 is 2.70 bits per heavy atom. The molecule has 4 nitrogen and oxygen atoms in total. The van der Waals surface area contributed by atoms with Crippen molar-refractivity contribution in [2.45, 2.75) is 25.3 Å². The highest BCUT2D eigenvalue weighted by Crippen LogP contribution is 2.42. The average Bonchev–Trinajstić information content (AvgIpc) is 3.21. The van der Waals surface area contributed by atoms with E-state index in [0.717, 1.165) is 24.1 Å². The molecule has 0 amide bonds. The Morgan fingerprint density at radius 1 is 1.35 bits per heavy atom. The third-order valence-electron chi connectivity index (χ3n) is 3.41. The van der Waals surface area contributed by atoms with Gasteiger partial charge >= 0.3 is 0 Å². The lowest BCUT2D eigenvalue weighted by molar-refractivity contribution is 0.681. The summed E-state index contributed by atoms with van der Waals surface area (Å²) in [4.78, 5) is 0. The van der Waals surface area contributed by atoms with Crippen molar-refractivity contribution < 1.29 is 0 Å². The van der Waals surface area contributed by atoms with Gasteiger partial charge in [0, 0.05) is 5.92 Å². The van der Waals surface area contributed by atoms with Gasteiger partial charge in [-0.3, -0.25) is 0 Å². The summed E-state index contributed by atoms with van der Waals surface area (Å²) in [6, 6.07) is 7.56. The molecule has 6 heteroatoms. The normalized spacial score (nSPS) is 14.2. The first-order chi connectivity index (χ1) is 9.60. The number of anilines is 1. The molecule has 1 saturated carbocycles. The smallest absolute Gasteiger partial charge is 0.140 e. The number of rotatable bonds is 3. The molecular formula is C14H12Cl2N4. The summed E-state index contributed by atoms with van der Waals surface area (Å²) in [5, 5.41) is 14.7. The van der Waals surface area contributed by atoms with Crippen LogP contribution in [0.3, 0.4) is 0 Å². The molecule has 1 heterocycles. The van der Waals surface area contributed by atoms with Crippen molar-refractivity contribution in [3.05, 3.63) is 45.1 Å². The van der Waals surface area contributed by atoms with Crippen molar-refractivity contribution in [2.75, 3.05) is 5.73 Å². The predicted octanol–water partition coefficient (Wildman–Crippen LogP) is 3.57. The molecule has 0 aliphatic heterocycles. The zero-order chi connectivity index (χ0) is 14.3. The Labute approximate surface area is 126 Å². The van der Waals surface area contributed by atoms with Crippen molar-refractivity contribution in [1.82, 2.24) is 9.78 Å². The highest BCUT2D eigenvalue weighted by atomic mass is 35.5. The van der Waals surface area contributed by atoms with Crippen LogP contribution in [-0.2, 0) is 6.54 Å². The van der Waals surface area contributed by atoms with Crippen LogP contribution in [0, 0.1) is 11.3 Å². The summed E-state index contributed by atoms with van der Waals surface area (Å²) < 4.78 is 1.66. The zero-order valence-electron chi connectivity index (χ0n) is 10.6. The van der Waals surface area contributed by atoms with E-state index in [-0.39, 0.29) is 0 Å². The molecule has 1 aromatic carbocycles. The molecule has 0 radical (unpaired) electrons. The van der Waals surface area contributed by atoms with Crippen LogP contribution in [0.2, 0.25) is 10.0 Å². The molecule has 102 valence electrons. The van der Waals surface area contributed by atoms with E-state index in [0.29, 0.717) is 33.9 Å². The maximum atomic E-state index is 9.21. The molecule has 20 heavy (non-hydrogen) atoms. The van der Waals surface area contributed by atoms with Gasteiger partial charge in [-0.25, -0.2) is 4.68 Å². The SMILES string of the molecule is N#Cc1c(C2CC2)nn(Cc2ccc(Cl)c(Cl)c2)c1N. The van der Waals surface area contributed by atoms with Gasteiger partial charge in [-0.05, 0) is 30.5 Å². The number of nitrogens with zero attached hydrogens (tertiary/aromatic N) is 3. The first kappa shape index (κ1) is 13.3. The molecule has 0 atom stereocenters. The minimum Gasteiger partial charge on any atom is -0.383 e. The van der Waals surface area contributed by atoms with Gasteiger partial charge < -0.3 is 5.73 Å². The van der Waals surface area contributed by atoms with Crippen molar-refractivity contribution in [2.24, 2.45) is 0 Å². The minimum absolute atomic E-state index is 0.391. The van der Waals surface area contributed by atoms with Crippen LogP contribution < -0.4 is 5.73 Å². The Morgan fingerprint density at radius 2 is 2.10 bits per heavy atom. The zero-order valence-corrected chi connectivity index (χ0v) is 12.1. The van der Waals surface area contributed by atoms with Gasteiger partial charge in [0.25, 0.3) is 0 Å². The summed E-state index contributed by atoms with van der Waals surface area (Å²) in [5.41, 5.74) is 8.29. The predicted molar refractivity (Wildman–Crippen MR) is 78.9 cm³/mol. The number of hydrogen-bond donors (Lipinski definition) is 1. The van der Waals surface area contributed by atoms with Crippen LogP contribution in [0.4, 0.5) is 5.82 Å². The van der Waals surface area contributed by atoms with Crippen LogP contribution in [0.25, 0.3) is 0 Å². The molecule has 0 saturated heterocycles. The van der Waals surface area contributed by atoms with Crippen molar-refractivity contribution in [1.29, 1.82) is 5.26 Å². The second kappa shape index (κ2) is 5.01. The monoisotopic (exact) mass is 306 g/mol. The van der Waals surface area contributed by atoms with Gasteiger partial charge in [-0.1, -0.05) is 29.3 Å². The van der Waals surface area contributed by atoms with Gasteiger partial charge in [0.1, 0.15) is 17.5 Å². The summed E-state index contributed by atoms with van der Waals surface area (Å²) in [6.45, 7) is 0.476. The Balaban J connectivity index is 1.94. The highest BCUT2D eigenvalue weighted by molar-refractivity contribution is 6.42. The lowest BCUT2D eigenvalue weighted by atomic mass is 10.2. The quantitative estimate of drug-likeness (QED) is 0.942. The van der Waals surface area contributed by atoms with Crippen LogP contribution in [0.15, 0.2) is 18.2 Å². The Bertz CT molecular complexity index is 711. The van der Waals surface area contributed by atoms with Gasteiger partial charge in [-0.2, -0.15) is 10.4 Å². The second-order valence-electron chi connectivity index (χ2n) is 4.94. The average molecular weight is 307 g/mol. The van der Waals surface area contributed by atoms with Crippen LogP contribution >= 0.6 is 23.2 Å². The van der Waals surface area contributed by atoms with E-state index in [2.05, 4.69) is 11.2 Å². The third-order valence-corrected chi connectivity index (χ3v) is 4.15. The largest absolute Gasteiger partial charge is 0.383 e. The van der Waals surface area contributed by atoms with E-state index in [1.807, 2.05) is 6.07 Å². The molecule has 1 aliphatic carbocycles. The number of benzene rings is 1. The van der Waals surface area contributed by atoms with Crippen molar-refractivity contribution >= 4 is 29.0 Å². The maximum absolute atomic E-state index is 9.21. The molecule has 0 spiro atoms. The molecule has 2 aromatic rings. The van der Waals surface area contributed by atoms with Gasteiger partial charge in [0.2, 0.25) is 0 Å². The van der Waals surface area contributed by atoms with Gasteiger partial charge in [0.05, 0.1) is 22.3 Å². The number of halogens is 2. The number of aromatic nitrogens is 2. The molecule has 1 aromatic heterocycles. The molecular weight excluding hydrogens is 295 g/mol. The van der Waals surface area contributed by atoms with E-state index < -0.39 is 0 Å². The summed E-state index contributed by atoms with van der Waals surface area (Å²) in [7, 11) is 0. The fourth-order valence-electron chi connectivity index (χ4n) is 2.18. The lowest BCUT2D eigenvalue weighted by Crippen LogP contribution is -2.06. The molecule has 1 aliphatic rings. The number of nitrogens with two attached hydrogens (primary N) is 1. The topological polar surface area (TPSA) is 67.6 Å². The van der Waals surface area contributed by atoms with Crippen molar-refractivity contribution in [3.63, 3.8) is 0 Å². The van der Waals surface area contributed by atoms with Crippen LogP contribution in [-0.4, -0.2) is 9.78 Å². The first-order valence-corrected chi connectivity index (χ1v) is 7.06. The highest BCUT2D eigenvalue weighted by Gasteiger charge is 2.31. The summed E-state index contributed by atoms with van der Waals surface area (Å²) in [6.07, 6.45) is 2.16. The molecule has 3 rings (SSSR count). The minimum atomic E-state index is 0.391. The van der Waals surface area contributed by atoms with E-state index >= 15 is 0 Å². The maximum Gasteiger partial charge on any atom is 0.140 e. The first-order valence-electron chi connectivity index (χ1n) is 6.30. The standard InChI is InChI=1S/C14H12Cl2N4/c15-11-4-1-8(5-12(11)16)7-20-14(18)10(6-17)13(19-20)9-2-3-9/h1,4-5,9H,2-3,7,18H2. The van der Waals surface area contributed by atoms with Crippen LogP contribution in [0.1, 0.15) is 35.6 Å². The van der Waals surface area contributed by atoms with Gasteiger partial charge in [0.15, 0.2) is 0 Å². The molecule has 1 fully saturated rings. The second-order valence-corrected chi connectivity index (χ2v) is 5.75. The molecule has 0 unspecified atom stereocenters. The molecule has 2 N–H and O–H groups in total. The fourth-order valence-corrected chi connectivity index (χ4v) is 2.50. The Kier molecular flexibility index (Phi) is 3.33. The van der Waals surface area contributed by atoms with E-state index in [1.54, 1.807) is 16.8 Å². The van der Waals surface area contributed by atoms with E-state index in [9.17, 15) is 5.26 Å². The van der Waals surface area contributed by atoms with Gasteiger partial charge in [-0.15, -0.1) is 0 Å². The van der Waals surface area contributed by atoms with Crippen molar-refractivity contribution in [3.8, 4) is 6.07 Å². The molecule has 0 bridgehead atoms.